The summed E-state index contributed by atoms with van der Waals surface area (Å²) in [4.78, 5) is 32.4. The number of aromatic nitrogens is 4. The van der Waals surface area contributed by atoms with Gasteiger partial charge in [0.15, 0.2) is 10.8 Å². The Hall–Kier alpha value is -2.40. The van der Waals surface area contributed by atoms with E-state index in [4.69, 9.17) is 9.47 Å². The molecule has 0 aromatic carbocycles. The summed E-state index contributed by atoms with van der Waals surface area (Å²) in [5, 5.41) is 11.9. The van der Waals surface area contributed by atoms with Crippen LogP contribution in [0, 0.1) is 0 Å². The smallest absolute Gasteiger partial charge is 0.306 e. The lowest BCUT2D eigenvalue weighted by Gasteiger charge is -2.09. The second-order valence-corrected chi connectivity index (χ2v) is 7.20. The minimum atomic E-state index is -0.369. The first-order valence-electron chi connectivity index (χ1n) is 9.60. The monoisotopic (exact) mass is 424 g/mol. The number of esters is 1. The highest BCUT2D eigenvalue weighted by molar-refractivity contribution is 7.99. The Morgan fingerprint density at radius 3 is 2.76 bits per heavy atom. The van der Waals surface area contributed by atoms with E-state index in [-0.39, 0.29) is 24.7 Å². The highest BCUT2D eigenvalue weighted by Crippen LogP contribution is 2.24. The highest BCUT2D eigenvalue weighted by atomic mass is 32.2. The number of rotatable bonds is 13. The maximum Gasteiger partial charge on any atom is 0.306 e. The maximum absolute atomic E-state index is 11.9. The van der Waals surface area contributed by atoms with Gasteiger partial charge in [-0.1, -0.05) is 18.7 Å². The molecule has 11 heteroatoms. The number of anilines is 1. The number of fused-ring (bicyclic) bond motifs is 1. The maximum atomic E-state index is 11.9. The van der Waals surface area contributed by atoms with Crippen molar-refractivity contribution in [1.82, 2.24) is 25.1 Å². The molecule has 10 nitrogen and oxygen atoms in total. The molecule has 29 heavy (non-hydrogen) atoms. The summed E-state index contributed by atoms with van der Waals surface area (Å²) in [5.74, 6) is 1.00. The van der Waals surface area contributed by atoms with Crippen molar-refractivity contribution >= 4 is 40.5 Å². The number of hydrogen-bond donors (Lipinski definition) is 2. The van der Waals surface area contributed by atoms with Crippen LogP contribution in [0.15, 0.2) is 11.4 Å². The Labute approximate surface area is 174 Å². The Kier molecular flexibility index (Phi) is 9.65. The molecule has 0 aliphatic rings. The predicted molar refractivity (Wildman–Crippen MR) is 111 cm³/mol. The average Bonchev–Trinajstić information content (AvgIpc) is 3.10. The third-order valence-electron chi connectivity index (χ3n) is 3.86. The summed E-state index contributed by atoms with van der Waals surface area (Å²) in [6, 6.07) is 0. The largest absolute Gasteiger partial charge is 0.466 e. The van der Waals surface area contributed by atoms with E-state index in [0.717, 1.165) is 11.1 Å². The zero-order valence-corrected chi connectivity index (χ0v) is 17.9. The molecular weight excluding hydrogens is 396 g/mol. The van der Waals surface area contributed by atoms with Crippen molar-refractivity contribution in [3.8, 4) is 0 Å². The summed E-state index contributed by atoms with van der Waals surface area (Å²) in [5.41, 5.74) is 0.705. The van der Waals surface area contributed by atoms with Gasteiger partial charge in [-0.25, -0.2) is 14.6 Å². The number of nitrogens with zero attached hydrogens (tertiary/aromatic N) is 4. The molecule has 0 aliphatic heterocycles. The van der Waals surface area contributed by atoms with E-state index in [1.807, 2.05) is 6.92 Å². The van der Waals surface area contributed by atoms with E-state index in [9.17, 15) is 9.59 Å². The molecule has 2 heterocycles. The summed E-state index contributed by atoms with van der Waals surface area (Å²) < 4.78 is 11.6. The molecule has 0 fully saturated rings. The molecule has 2 N–H and O–H groups in total. The summed E-state index contributed by atoms with van der Waals surface area (Å²) in [6.45, 7) is 6.12. The molecule has 160 valence electrons. The summed E-state index contributed by atoms with van der Waals surface area (Å²) >= 11 is 1.55. The zero-order valence-electron chi connectivity index (χ0n) is 17.1. The van der Waals surface area contributed by atoms with Crippen LogP contribution in [-0.2, 0) is 25.6 Å². The van der Waals surface area contributed by atoms with Gasteiger partial charge < -0.3 is 20.1 Å². The molecule has 0 spiro atoms. The third-order valence-corrected chi connectivity index (χ3v) is 4.58. The number of nitrogens with one attached hydrogen (secondary N) is 2. The van der Waals surface area contributed by atoms with Gasteiger partial charge in [-0.05, 0) is 12.7 Å². The van der Waals surface area contributed by atoms with Crippen LogP contribution in [0.4, 0.5) is 5.82 Å². The van der Waals surface area contributed by atoms with Gasteiger partial charge in [0, 0.05) is 26.6 Å². The fraction of sp³-hybridized carbons (Fsp3) is 0.611. The predicted octanol–water partition coefficient (Wildman–Crippen LogP) is 1.46. The number of thioether (sulfide) groups is 1. The number of methoxy groups -OCH3 is 1. The van der Waals surface area contributed by atoms with Crippen LogP contribution >= 0.6 is 11.8 Å². The van der Waals surface area contributed by atoms with Gasteiger partial charge in [0.1, 0.15) is 5.82 Å². The third kappa shape index (κ3) is 7.17. The second kappa shape index (κ2) is 12.2. The fourth-order valence-electron chi connectivity index (χ4n) is 2.54. The molecule has 0 bridgehead atoms. The molecule has 0 aliphatic carbocycles. The average molecular weight is 425 g/mol. The van der Waals surface area contributed by atoms with Gasteiger partial charge in [-0.15, -0.1) is 0 Å². The first-order chi connectivity index (χ1) is 14.1. The van der Waals surface area contributed by atoms with Crippen LogP contribution in [0.1, 0.15) is 26.7 Å². The number of ether oxygens (including phenoxy) is 2. The number of amides is 1. The lowest BCUT2D eigenvalue weighted by molar-refractivity contribution is -0.144. The molecule has 2 aromatic heterocycles. The van der Waals surface area contributed by atoms with Crippen molar-refractivity contribution in [3.63, 3.8) is 0 Å². The molecule has 1 amide bonds. The van der Waals surface area contributed by atoms with E-state index in [1.165, 1.54) is 0 Å². The Morgan fingerprint density at radius 1 is 1.21 bits per heavy atom. The molecule has 0 atom stereocenters. The van der Waals surface area contributed by atoms with E-state index >= 15 is 0 Å². The van der Waals surface area contributed by atoms with E-state index in [0.29, 0.717) is 49.5 Å². The Bertz CT molecular complexity index is 813. The van der Waals surface area contributed by atoms with Crippen molar-refractivity contribution < 1.29 is 19.1 Å². The Morgan fingerprint density at radius 2 is 2.03 bits per heavy atom. The van der Waals surface area contributed by atoms with Gasteiger partial charge in [0.2, 0.25) is 5.91 Å². The first kappa shape index (κ1) is 22.9. The van der Waals surface area contributed by atoms with Gasteiger partial charge in [-0.3, -0.25) is 9.59 Å². The normalized spacial score (nSPS) is 10.9. The molecule has 2 rings (SSSR count). The molecule has 0 unspecified atom stereocenters. The fourth-order valence-corrected chi connectivity index (χ4v) is 3.10. The summed E-state index contributed by atoms with van der Waals surface area (Å²) in [6.07, 6.45) is 1.89. The second-order valence-electron chi connectivity index (χ2n) is 5.97. The lowest BCUT2D eigenvalue weighted by atomic mass is 10.3. The van der Waals surface area contributed by atoms with Crippen molar-refractivity contribution in [2.75, 3.05) is 44.5 Å². The molecule has 2 aromatic rings. The standard InChI is InChI=1S/C18H28N6O4S/c1-4-28-15(26)7-6-14(25)19-8-10-24-17-13(12-21-24)16(20-9-11-27-3)22-18(23-17)29-5-2/h12H,4-11H2,1-3H3,(H,19,25)(H,20,22,23). The Balaban J connectivity index is 1.99. The summed E-state index contributed by atoms with van der Waals surface area (Å²) in [7, 11) is 1.65. The highest BCUT2D eigenvalue weighted by Gasteiger charge is 2.13. The van der Waals surface area contributed by atoms with E-state index in [1.54, 1.807) is 36.7 Å². The van der Waals surface area contributed by atoms with Crippen LogP contribution in [0.2, 0.25) is 0 Å². The minimum absolute atomic E-state index is 0.0751. The zero-order chi connectivity index (χ0) is 21.1. The number of carbonyl (C=O) groups excluding carboxylic acids is 2. The van der Waals surface area contributed by atoms with Crippen molar-refractivity contribution in [2.45, 2.75) is 38.4 Å². The molecule has 0 radical (unpaired) electrons. The first-order valence-corrected chi connectivity index (χ1v) is 10.6. The van der Waals surface area contributed by atoms with Crippen LogP contribution < -0.4 is 10.6 Å². The van der Waals surface area contributed by atoms with Crippen LogP contribution in [0.5, 0.6) is 0 Å². The van der Waals surface area contributed by atoms with Gasteiger partial charge in [0.05, 0.1) is 37.8 Å². The van der Waals surface area contributed by atoms with Crippen molar-refractivity contribution in [2.24, 2.45) is 0 Å². The van der Waals surface area contributed by atoms with Crippen molar-refractivity contribution in [3.05, 3.63) is 6.20 Å². The minimum Gasteiger partial charge on any atom is -0.466 e. The van der Waals surface area contributed by atoms with Gasteiger partial charge >= 0.3 is 5.97 Å². The van der Waals surface area contributed by atoms with Crippen molar-refractivity contribution in [1.29, 1.82) is 0 Å². The van der Waals surface area contributed by atoms with E-state index in [2.05, 4.69) is 25.7 Å². The van der Waals surface area contributed by atoms with Crippen LogP contribution in [0.25, 0.3) is 11.0 Å². The topological polar surface area (TPSA) is 120 Å². The lowest BCUT2D eigenvalue weighted by Crippen LogP contribution is -2.28. The molecule has 0 saturated carbocycles. The number of hydrogen-bond acceptors (Lipinski definition) is 9. The number of carbonyl (C=O) groups is 2. The van der Waals surface area contributed by atoms with Gasteiger partial charge in [0.25, 0.3) is 0 Å². The molecular formula is C18H28N6O4S. The van der Waals surface area contributed by atoms with Crippen LogP contribution in [0.3, 0.4) is 0 Å². The molecule has 0 saturated heterocycles. The van der Waals surface area contributed by atoms with E-state index < -0.39 is 0 Å². The van der Waals surface area contributed by atoms with Gasteiger partial charge in [-0.2, -0.15) is 5.10 Å². The van der Waals surface area contributed by atoms with Crippen LogP contribution in [-0.4, -0.2) is 70.8 Å². The quantitative estimate of drug-likeness (QED) is 0.213. The SMILES string of the molecule is CCOC(=O)CCC(=O)NCCn1ncc2c(NCCOC)nc(SCC)nc21.